The van der Waals surface area contributed by atoms with Gasteiger partial charge in [-0.1, -0.05) is 13.3 Å². The molecule has 0 aliphatic heterocycles. The maximum Gasteiger partial charge on any atom is 0.282 e. The highest BCUT2D eigenvalue weighted by atomic mass is 16.6. The van der Waals surface area contributed by atoms with E-state index in [9.17, 15) is 14.9 Å². The summed E-state index contributed by atoms with van der Waals surface area (Å²) in [4.78, 5) is 24.4. The van der Waals surface area contributed by atoms with Crippen LogP contribution in [0.2, 0.25) is 0 Å². The predicted octanol–water partition coefficient (Wildman–Crippen LogP) is 3.57. The summed E-state index contributed by atoms with van der Waals surface area (Å²) in [5.41, 5.74) is 0.958. The number of nitro groups is 1. The van der Waals surface area contributed by atoms with Gasteiger partial charge in [0.15, 0.2) is 5.78 Å². The van der Waals surface area contributed by atoms with Crippen LogP contribution in [0, 0.1) is 10.1 Å². The predicted molar refractivity (Wildman–Crippen MR) is 78.4 cm³/mol. The molecule has 108 valence electrons. The number of Topliss-reactive ketones (excluding diaryl/α,β-unsaturated/α-hetero) is 1. The second-order valence-electron chi connectivity index (χ2n) is 5.29. The van der Waals surface area contributed by atoms with Gasteiger partial charge in [0, 0.05) is 24.3 Å². The van der Waals surface area contributed by atoms with Crippen LogP contribution < -0.4 is 4.90 Å². The summed E-state index contributed by atoms with van der Waals surface area (Å²) in [7, 11) is 0. The number of carbonyl (C=O) groups excluding carboxylic acids is 1. The topological polar surface area (TPSA) is 63.5 Å². The normalized spacial score (nSPS) is 14.1. The molecule has 0 spiro atoms. The zero-order valence-corrected chi connectivity index (χ0v) is 12.0. The maximum atomic E-state index is 11.5. The lowest BCUT2D eigenvalue weighted by Gasteiger charge is -2.24. The van der Waals surface area contributed by atoms with Gasteiger partial charge in [0.1, 0.15) is 0 Å². The molecule has 1 aromatic rings. The largest absolute Gasteiger partial charge is 0.368 e. The number of ketones is 1. The molecule has 0 aromatic heterocycles. The van der Waals surface area contributed by atoms with Crippen molar-refractivity contribution in [2.24, 2.45) is 0 Å². The number of nitro benzene ring substituents is 1. The Kier molecular flexibility index (Phi) is 4.37. The van der Waals surface area contributed by atoms with Gasteiger partial charge in [-0.3, -0.25) is 14.9 Å². The van der Waals surface area contributed by atoms with E-state index < -0.39 is 4.92 Å². The first-order valence-corrected chi connectivity index (χ1v) is 7.10. The molecule has 1 aromatic carbocycles. The van der Waals surface area contributed by atoms with E-state index in [1.807, 2.05) is 6.07 Å². The Balaban J connectivity index is 2.33. The van der Waals surface area contributed by atoms with E-state index in [1.165, 1.54) is 6.92 Å². The van der Waals surface area contributed by atoms with Gasteiger partial charge in [0.05, 0.1) is 10.5 Å². The Morgan fingerprint density at radius 2 is 2.15 bits per heavy atom. The summed E-state index contributed by atoms with van der Waals surface area (Å²) in [6, 6.07) is 5.46. The molecule has 0 amide bonds. The van der Waals surface area contributed by atoms with Crippen LogP contribution in [0.4, 0.5) is 11.4 Å². The van der Waals surface area contributed by atoms with Crippen molar-refractivity contribution < 1.29 is 9.72 Å². The first-order chi connectivity index (χ1) is 9.54. The van der Waals surface area contributed by atoms with Crippen molar-refractivity contribution in [1.82, 2.24) is 0 Å². The van der Waals surface area contributed by atoms with E-state index >= 15 is 0 Å². The minimum Gasteiger partial charge on any atom is -0.368 e. The SMILES string of the molecule is CCCCN(c1ccc(C(C)=O)c([N+](=O)[O-])c1)C1CC1. The molecule has 0 heterocycles. The van der Waals surface area contributed by atoms with Crippen molar-refractivity contribution in [3.63, 3.8) is 0 Å². The van der Waals surface area contributed by atoms with E-state index in [2.05, 4.69) is 11.8 Å². The molecule has 0 radical (unpaired) electrons. The van der Waals surface area contributed by atoms with Gasteiger partial charge in [0.2, 0.25) is 0 Å². The molecule has 0 N–H and O–H groups in total. The third kappa shape index (κ3) is 3.15. The standard InChI is InChI=1S/C15H20N2O3/c1-3-4-9-16(12-5-6-12)13-7-8-14(11(2)18)15(10-13)17(19)20/h7-8,10,12H,3-6,9H2,1-2H3. The van der Waals surface area contributed by atoms with Crippen LogP contribution in [0.1, 0.15) is 49.9 Å². The van der Waals surface area contributed by atoms with Gasteiger partial charge in [-0.05, 0) is 38.3 Å². The lowest BCUT2D eigenvalue weighted by Crippen LogP contribution is -2.26. The Labute approximate surface area is 118 Å². The van der Waals surface area contributed by atoms with Crippen molar-refractivity contribution in [3.8, 4) is 0 Å². The Bertz CT molecular complexity index is 524. The van der Waals surface area contributed by atoms with E-state index in [4.69, 9.17) is 0 Å². The van der Waals surface area contributed by atoms with Crippen molar-refractivity contribution >= 4 is 17.2 Å². The average molecular weight is 276 g/mol. The minimum atomic E-state index is -0.467. The van der Waals surface area contributed by atoms with Gasteiger partial charge in [-0.15, -0.1) is 0 Å². The highest BCUT2D eigenvalue weighted by molar-refractivity contribution is 5.98. The van der Waals surface area contributed by atoms with Crippen molar-refractivity contribution in [2.75, 3.05) is 11.4 Å². The second-order valence-corrected chi connectivity index (χ2v) is 5.29. The molecule has 2 rings (SSSR count). The number of carbonyl (C=O) groups is 1. The fraction of sp³-hybridized carbons (Fsp3) is 0.533. The fourth-order valence-corrected chi connectivity index (χ4v) is 2.38. The van der Waals surface area contributed by atoms with E-state index in [1.54, 1.807) is 12.1 Å². The van der Waals surface area contributed by atoms with Gasteiger partial charge in [-0.25, -0.2) is 0 Å². The van der Waals surface area contributed by atoms with Crippen LogP contribution in [0.5, 0.6) is 0 Å². The molecule has 20 heavy (non-hydrogen) atoms. The average Bonchev–Trinajstić information content (AvgIpc) is 3.23. The molecular weight excluding hydrogens is 256 g/mol. The molecule has 1 fully saturated rings. The number of hydrogen-bond acceptors (Lipinski definition) is 4. The number of unbranched alkanes of at least 4 members (excludes halogenated alkanes) is 1. The summed E-state index contributed by atoms with van der Waals surface area (Å²) in [5, 5.41) is 11.1. The quantitative estimate of drug-likeness (QED) is 0.434. The molecule has 0 saturated heterocycles. The first kappa shape index (κ1) is 14.5. The summed E-state index contributed by atoms with van der Waals surface area (Å²) >= 11 is 0. The zero-order chi connectivity index (χ0) is 14.7. The molecule has 0 atom stereocenters. The number of hydrogen-bond donors (Lipinski definition) is 0. The van der Waals surface area contributed by atoms with E-state index in [-0.39, 0.29) is 17.0 Å². The van der Waals surface area contributed by atoms with Gasteiger partial charge >= 0.3 is 0 Å². The van der Waals surface area contributed by atoms with Gasteiger partial charge < -0.3 is 4.90 Å². The lowest BCUT2D eigenvalue weighted by atomic mass is 10.1. The van der Waals surface area contributed by atoms with Crippen molar-refractivity contribution in [3.05, 3.63) is 33.9 Å². The van der Waals surface area contributed by atoms with Crippen molar-refractivity contribution in [2.45, 2.75) is 45.6 Å². The summed E-state index contributed by atoms with van der Waals surface area (Å²) < 4.78 is 0. The number of benzene rings is 1. The highest BCUT2D eigenvalue weighted by Crippen LogP contribution is 2.34. The number of anilines is 1. The minimum absolute atomic E-state index is 0.0860. The molecule has 5 nitrogen and oxygen atoms in total. The van der Waals surface area contributed by atoms with Crippen LogP contribution in [-0.4, -0.2) is 23.3 Å². The third-order valence-corrected chi connectivity index (χ3v) is 3.63. The Morgan fingerprint density at radius 1 is 1.45 bits per heavy atom. The molecule has 1 saturated carbocycles. The van der Waals surface area contributed by atoms with E-state index in [0.29, 0.717) is 6.04 Å². The summed E-state index contributed by atoms with van der Waals surface area (Å²) in [6.45, 7) is 4.40. The Hall–Kier alpha value is -1.91. The number of nitrogens with zero attached hydrogens (tertiary/aromatic N) is 2. The molecule has 0 bridgehead atoms. The van der Waals surface area contributed by atoms with Crippen LogP contribution in [0.25, 0.3) is 0 Å². The van der Waals surface area contributed by atoms with Crippen molar-refractivity contribution in [1.29, 1.82) is 0 Å². The summed E-state index contributed by atoms with van der Waals surface area (Å²) in [6.07, 6.45) is 4.45. The van der Waals surface area contributed by atoms with Crippen LogP contribution in [0.15, 0.2) is 18.2 Å². The highest BCUT2D eigenvalue weighted by Gasteiger charge is 2.30. The molecule has 5 heteroatoms. The molecule has 1 aliphatic carbocycles. The molecule has 1 aliphatic rings. The van der Waals surface area contributed by atoms with Crippen LogP contribution in [-0.2, 0) is 0 Å². The lowest BCUT2D eigenvalue weighted by molar-refractivity contribution is -0.385. The second kappa shape index (κ2) is 6.03. The fourth-order valence-electron chi connectivity index (χ4n) is 2.38. The smallest absolute Gasteiger partial charge is 0.282 e. The van der Waals surface area contributed by atoms with Gasteiger partial charge in [-0.2, -0.15) is 0 Å². The third-order valence-electron chi connectivity index (χ3n) is 3.63. The van der Waals surface area contributed by atoms with Crippen LogP contribution >= 0.6 is 0 Å². The van der Waals surface area contributed by atoms with Crippen LogP contribution in [0.3, 0.4) is 0 Å². The first-order valence-electron chi connectivity index (χ1n) is 7.10. The zero-order valence-electron chi connectivity index (χ0n) is 12.0. The summed E-state index contributed by atoms with van der Waals surface area (Å²) in [5.74, 6) is -0.269. The molecule has 0 unspecified atom stereocenters. The number of rotatable bonds is 7. The molecular formula is C15H20N2O3. The van der Waals surface area contributed by atoms with Gasteiger partial charge in [0.25, 0.3) is 5.69 Å². The maximum absolute atomic E-state index is 11.5. The Morgan fingerprint density at radius 3 is 2.65 bits per heavy atom. The monoisotopic (exact) mass is 276 g/mol. The van der Waals surface area contributed by atoms with E-state index in [0.717, 1.165) is 37.9 Å².